The maximum absolute atomic E-state index is 12.5. The molecular weight excluding hydrogens is 272 g/mol. The Hall–Kier alpha value is -2.09. The van der Waals surface area contributed by atoms with E-state index in [1.54, 1.807) is 0 Å². The highest BCUT2D eigenvalue weighted by molar-refractivity contribution is 5.75. The minimum absolute atomic E-state index is 0.00194. The van der Waals surface area contributed by atoms with Crippen molar-refractivity contribution in [3.8, 4) is 0 Å². The average molecular weight is 292 g/mol. The van der Waals surface area contributed by atoms with Gasteiger partial charge in [-0.3, -0.25) is 4.79 Å². The Morgan fingerprint density at radius 1 is 0.864 bits per heavy atom. The van der Waals surface area contributed by atoms with Crippen LogP contribution in [0.4, 0.5) is 0 Å². The predicted octanol–water partition coefficient (Wildman–Crippen LogP) is 3.89. The zero-order valence-corrected chi connectivity index (χ0v) is 12.6. The number of hydrogen-bond donors (Lipinski definition) is 0. The van der Waals surface area contributed by atoms with Gasteiger partial charge < -0.3 is 4.74 Å². The largest absolute Gasteiger partial charge is 0.461 e. The number of ether oxygens (including phenoxy) is 1. The molecule has 2 atom stereocenters. The van der Waals surface area contributed by atoms with Crippen LogP contribution in [0, 0.1) is 5.92 Å². The molecule has 1 saturated carbocycles. The summed E-state index contributed by atoms with van der Waals surface area (Å²) in [5.74, 6) is 0.390. The first kappa shape index (κ1) is 13.6. The molecule has 0 aliphatic heterocycles. The van der Waals surface area contributed by atoms with Crippen LogP contribution in [0.1, 0.15) is 35.4 Å². The molecule has 2 aromatic carbocycles. The van der Waals surface area contributed by atoms with Gasteiger partial charge in [-0.2, -0.15) is 0 Å². The minimum Gasteiger partial charge on any atom is -0.461 e. The molecule has 0 amide bonds. The van der Waals surface area contributed by atoms with Crippen LogP contribution in [0.15, 0.2) is 54.6 Å². The third-order valence-corrected chi connectivity index (χ3v) is 5.10. The van der Waals surface area contributed by atoms with Crippen LogP contribution in [0.3, 0.4) is 0 Å². The monoisotopic (exact) mass is 292 g/mol. The van der Waals surface area contributed by atoms with Crippen LogP contribution >= 0.6 is 0 Å². The summed E-state index contributed by atoms with van der Waals surface area (Å²) in [7, 11) is 0. The van der Waals surface area contributed by atoms with Gasteiger partial charge in [-0.05, 0) is 35.4 Å². The molecule has 2 heteroatoms. The van der Waals surface area contributed by atoms with E-state index < -0.39 is 0 Å². The highest BCUT2D eigenvalue weighted by Crippen LogP contribution is 2.43. The summed E-state index contributed by atoms with van der Waals surface area (Å²) in [6.45, 7) is 0. The van der Waals surface area contributed by atoms with Crippen LogP contribution in [0.25, 0.3) is 0 Å². The Morgan fingerprint density at radius 2 is 1.50 bits per heavy atom. The third kappa shape index (κ3) is 2.43. The summed E-state index contributed by atoms with van der Waals surface area (Å²) < 4.78 is 5.81. The normalized spacial score (nSPS) is 23.6. The lowest BCUT2D eigenvalue weighted by Crippen LogP contribution is -2.35. The Bertz CT molecular complexity index is 652. The van der Waals surface area contributed by atoms with Crippen molar-refractivity contribution in [2.45, 2.75) is 37.7 Å². The molecule has 2 nitrogen and oxygen atoms in total. The van der Waals surface area contributed by atoms with E-state index in [1.807, 2.05) is 18.2 Å². The summed E-state index contributed by atoms with van der Waals surface area (Å²) in [5, 5.41) is 0. The maximum atomic E-state index is 12.5. The van der Waals surface area contributed by atoms with Gasteiger partial charge >= 0.3 is 5.97 Å². The van der Waals surface area contributed by atoms with E-state index in [0.29, 0.717) is 5.92 Å². The highest BCUT2D eigenvalue weighted by Gasteiger charge is 2.40. The molecular formula is C20H20O2. The smallest absolute Gasteiger partial charge is 0.309 e. The molecule has 1 fully saturated rings. The van der Waals surface area contributed by atoms with Gasteiger partial charge in [0.25, 0.3) is 0 Å². The Kier molecular flexibility index (Phi) is 3.45. The summed E-state index contributed by atoms with van der Waals surface area (Å²) >= 11 is 0. The van der Waals surface area contributed by atoms with Crippen molar-refractivity contribution in [1.29, 1.82) is 0 Å². The summed E-state index contributed by atoms with van der Waals surface area (Å²) in [6.07, 6.45) is 3.81. The van der Waals surface area contributed by atoms with E-state index in [9.17, 15) is 4.79 Å². The number of fused-ring (bicyclic) bond motifs is 1. The Morgan fingerprint density at radius 3 is 2.09 bits per heavy atom. The van der Waals surface area contributed by atoms with Gasteiger partial charge in [0.2, 0.25) is 0 Å². The number of esters is 1. The molecule has 2 aliphatic rings. The molecule has 1 unspecified atom stereocenters. The lowest BCUT2D eigenvalue weighted by atomic mass is 9.70. The van der Waals surface area contributed by atoms with Crippen LogP contribution in [0.2, 0.25) is 0 Å². The molecule has 2 aliphatic carbocycles. The lowest BCUT2D eigenvalue weighted by Gasteiger charge is -2.35. The second-order valence-corrected chi connectivity index (χ2v) is 6.44. The van der Waals surface area contributed by atoms with Crippen molar-refractivity contribution in [2.24, 2.45) is 5.92 Å². The lowest BCUT2D eigenvalue weighted by molar-refractivity contribution is -0.157. The fourth-order valence-corrected chi connectivity index (χ4v) is 3.73. The molecule has 22 heavy (non-hydrogen) atoms. The van der Waals surface area contributed by atoms with Crippen molar-refractivity contribution in [3.63, 3.8) is 0 Å². The third-order valence-electron chi connectivity index (χ3n) is 5.10. The zero-order valence-electron chi connectivity index (χ0n) is 12.6. The SMILES string of the molecule is O=C(OC1Cc2ccccc2C1)[C@@H]1CCC1c1ccccc1. The van der Waals surface area contributed by atoms with Crippen LogP contribution < -0.4 is 0 Å². The summed E-state index contributed by atoms with van der Waals surface area (Å²) in [6, 6.07) is 18.7. The fourth-order valence-electron chi connectivity index (χ4n) is 3.73. The van der Waals surface area contributed by atoms with Crippen LogP contribution in [-0.2, 0) is 22.4 Å². The average Bonchev–Trinajstić information content (AvgIpc) is 2.89. The number of benzene rings is 2. The summed E-state index contributed by atoms with van der Waals surface area (Å²) in [5.41, 5.74) is 3.92. The van der Waals surface area contributed by atoms with E-state index in [0.717, 1.165) is 25.7 Å². The molecule has 2 aromatic rings. The second kappa shape index (κ2) is 5.60. The quantitative estimate of drug-likeness (QED) is 0.802. The van der Waals surface area contributed by atoms with Gasteiger partial charge in [0.15, 0.2) is 0 Å². The van der Waals surface area contributed by atoms with E-state index in [-0.39, 0.29) is 18.0 Å². The van der Waals surface area contributed by atoms with E-state index >= 15 is 0 Å². The molecule has 0 saturated heterocycles. The van der Waals surface area contributed by atoms with Crippen LogP contribution in [-0.4, -0.2) is 12.1 Å². The van der Waals surface area contributed by atoms with Gasteiger partial charge in [-0.1, -0.05) is 54.6 Å². The van der Waals surface area contributed by atoms with Crippen molar-refractivity contribution >= 4 is 5.97 Å². The van der Waals surface area contributed by atoms with Gasteiger partial charge in [0, 0.05) is 12.8 Å². The van der Waals surface area contributed by atoms with Crippen LogP contribution in [0.5, 0.6) is 0 Å². The minimum atomic E-state index is -0.00194. The van der Waals surface area contributed by atoms with E-state index in [2.05, 4.69) is 36.4 Å². The first-order valence-electron chi connectivity index (χ1n) is 8.13. The van der Waals surface area contributed by atoms with Crippen molar-refractivity contribution < 1.29 is 9.53 Å². The molecule has 0 N–H and O–H groups in total. The van der Waals surface area contributed by atoms with Gasteiger partial charge in [-0.15, -0.1) is 0 Å². The number of carbonyl (C=O) groups excluding carboxylic acids is 1. The molecule has 112 valence electrons. The van der Waals surface area contributed by atoms with Gasteiger partial charge in [-0.25, -0.2) is 0 Å². The number of hydrogen-bond acceptors (Lipinski definition) is 2. The van der Waals surface area contributed by atoms with E-state index in [1.165, 1.54) is 16.7 Å². The van der Waals surface area contributed by atoms with Crippen molar-refractivity contribution in [1.82, 2.24) is 0 Å². The maximum Gasteiger partial charge on any atom is 0.309 e. The standard InChI is InChI=1S/C20H20O2/c21-20(19-11-10-18(19)14-6-2-1-3-7-14)22-17-12-15-8-4-5-9-16(15)13-17/h1-9,17-19H,10-13H2/t18?,19-/m1/s1. The fraction of sp³-hybridized carbons (Fsp3) is 0.350. The topological polar surface area (TPSA) is 26.3 Å². The molecule has 0 heterocycles. The molecule has 4 rings (SSSR count). The predicted molar refractivity (Wildman–Crippen MR) is 85.6 cm³/mol. The number of carbonyl (C=O) groups is 1. The highest BCUT2D eigenvalue weighted by atomic mass is 16.5. The molecule has 0 radical (unpaired) electrons. The second-order valence-electron chi connectivity index (χ2n) is 6.44. The van der Waals surface area contributed by atoms with Crippen molar-refractivity contribution in [3.05, 3.63) is 71.3 Å². The first-order chi connectivity index (χ1) is 10.8. The van der Waals surface area contributed by atoms with Crippen molar-refractivity contribution in [2.75, 3.05) is 0 Å². The molecule has 0 aromatic heterocycles. The zero-order chi connectivity index (χ0) is 14.9. The van der Waals surface area contributed by atoms with Gasteiger partial charge in [0.1, 0.15) is 6.10 Å². The molecule has 0 bridgehead atoms. The van der Waals surface area contributed by atoms with E-state index in [4.69, 9.17) is 4.74 Å². The first-order valence-corrected chi connectivity index (χ1v) is 8.13. The Balaban J connectivity index is 1.40. The van der Waals surface area contributed by atoms with Gasteiger partial charge in [0.05, 0.1) is 5.92 Å². The molecule has 0 spiro atoms. The number of rotatable bonds is 3. The Labute approximate surface area is 131 Å². The summed E-state index contributed by atoms with van der Waals surface area (Å²) in [4.78, 5) is 12.5.